The van der Waals surface area contributed by atoms with Gasteiger partial charge in [0.25, 0.3) is 0 Å². The van der Waals surface area contributed by atoms with E-state index in [4.69, 9.17) is 4.84 Å². The van der Waals surface area contributed by atoms with E-state index in [0.29, 0.717) is 0 Å². The van der Waals surface area contributed by atoms with Crippen LogP contribution in [0.1, 0.15) is 11.1 Å². The predicted octanol–water partition coefficient (Wildman–Crippen LogP) is 3.53. The van der Waals surface area contributed by atoms with E-state index >= 15 is 0 Å². The molecule has 2 aromatic rings. The Balaban J connectivity index is 1.97. The van der Waals surface area contributed by atoms with Crippen LogP contribution >= 0.6 is 0 Å². The van der Waals surface area contributed by atoms with E-state index in [-0.39, 0.29) is 17.7 Å². The van der Waals surface area contributed by atoms with E-state index in [1.165, 1.54) is 30.3 Å². The van der Waals surface area contributed by atoms with Crippen LogP contribution in [-0.2, 0) is 11.4 Å². The monoisotopic (exact) mass is 264 g/mol. The standard InChI is InChI=1S/C14H9F3NO/c15-12-6-2-1-4-10(12)8-18-19-9-11-5-3-7-13(16)14(11)17/h1-7H,9H2. The van der Waals surface area contributed by atoms with Gasteiger partial charge in [-0.05, 0) is 18.2 Å². The molecule has 2 nitrogen and oxygen atoms in total. The summed E-state index contributed by atoms with van der Waals surface area (Å²) in [6.07, 6.45) is 2.33. The van der Waals surface area contributed by atoms with Gasteiger partial charge in [0.15, 0.2) is 11.6 Å². The van der Waals surface area contributed by atoms with Crippen LogP contribution in [0.4, 0.5) is 13.2 Å². The van der Waals surface area contributed by atoms with Gasteiger partial charge in [-0.2, -0.15) is 0 Å². The summed E-state index contributed by atoms with van der Waals surface area (Å²) in [6, 6.07) is 9.61. The number of hydrogen-bond donors (Lipinski definition) is 0. The van der Waals surface area contributed by atoms with Gasteiger partial charge in [0, 0.05) is 11.1 Å². The van der Waals surface area contributed by atoms with Crippen LogP contribution in [0.25, 0.3) is 0 Å². The van der Waals surface area contributed by atoms with E-state index in [9.17, 15) is 13.2 Å². The summed E-state index contributed by atoms with van der Waals surface area (Å²) in [4.78, 5) is 4.76. The first-order chi connectivity index (χ1) is 9.18. The molecule has 0 spiro atoms. The molecule has 5 heteroatoms. The third kappa shape index (κ3) is 3.34. The second-order valence-electron chi connectivity index (χ2n) is 3.67. The highest BCUT2D eigenvalue weighted by atomic mass is 19.2. The van der Waals surface area contributed by atoms with E-state index < -0.39 is 17.5 Å². The third-order valence-corrected chi connectivity index (χ3v) is 2.36. The normalized spacial score (nSPS) is 10.9. The first-order valence-corrected chi connectivity index (χ1v) is 5.44. The summed E-state index contributed by atoms with van der Waals surface area (Å²) in [5.74, 6) is -2.43. The molecule has 0 amide bonds. The number of halogens is 3. The number of nitrogens with zero attached hydrogens (tertiary/aromatic N) is 1. The fourth-order valence-corrected chi connectivity index (χ4v) is 1.40. The SMILES string of the molecule is Fc1ccccc1/[C]=N\OCc1cccc(F)c1F. The van der Waals surface area contributed by atoms with Crippen molar-refractivity contribution in [2.45, 2.75) is 6.61 Å². The molecule has 0 aliphatic carbocycles. The van der Waals surface area contributed by atoms with E-state index in [1.807, 2.05) is 0 Å². The van der Waals surface area contributed by atoms with E-state index in [1.54, 1.807) is 6.07 Å². The van der Waals surface area contributed by atoms with E-state index in [2.05, 4.69) is 11.4 Å². The average molecular weight is 264 g/mol. The molecule has 1 radical (unpaired) electrons. The highest BCUT2D eigenvalue weighted by Crippen LogP contribution is 2.12. The van der Waals surface area contributed by atoms with Gasteiger partial charge < -0.3 is 4.84 Å². The molecule has 0 aliphatic rings. The van der Waals surface area contributed by atoms with Gasteiger partial charge in [-0.25, -0.2) is 13.2 Å². The minimum absolute atomic E-state index is 0.0269. The Labute approximate surface area is 108 Å². The quantitative estimate of drug-likeness (QED) is 0.611. The minimum Gasteiger partial charge on any atom is -0.390 e. The highest BCUT2D eigenvalue weighted by molar-refractivity contribution is 5.79. The van der Waals surface area contributed by atoms with Crippen molar-refractivity contribution < 1.29 is 18.0 Å². The lowest BCUT2D eigenvalue weighted by molar-refractivity contribution is 0.129. The first kappa shape index (κ1) is 13.1. The maximum Gasteiger partial charge on any atom is 0.165 e. The van der Waals surface area contributed by atoms with Gasteiger partial charge in [-0.15, -0.1) is 0 Å². The van der Waals surface area contributed by atoms with Crippen LogP contribution < -0.4 is 0 Å². The number of hydrogen-bond acceptors (Lipinski definition) is 2. The van der Waals surface area contributed by atoms with Gasteiger partial charge >= 0.3 is 0 Å². The molecule has 0 bridgehead atoms. The second kappa shape index (κ2) is 6.04. The van der Waals surface area contributed by atoms with Crippen LogP contribution in [0.15, 0.2) is 47.6 Å². The van der Waals surface area contributed by atoms with Gasteiger partial charge in [-0.1, -0.05) is 29.4 Å². The topological polar surface area (TPSA) is 21.6 Å². The Morgan fingerprint density at radius 1 is 0.947 bits per heavy atom. The molecular weight excluding hydrogens is 255 g/mol. The van der Waals surface area contributed by atoms with E-state index in [0.717, 1.165) is 6.07 Å². The zero-order valence-electron chi connectivity index (χ0n) is 9.74. The van der Waals surface area contributed by atoms with Crippen molar-refractivity contribution in [3.8, 4) is 0 Å². The molecule has 0 atom stereocenters. The molecule has 2 rings (SSSR count). The Morgan fingerprint density at radius 3 is 2.47 bits per heavy atom. The van der Waals surface area contributed by atoms with Gasteiger partial charge in [0.2, 0.25) is 0 Å². The lowest BCUT2D eigenvalue weighted by Crippen LogP contribution is -1.96. The van der Waals surface area contributed by atoms with Crippen molar-refractivity contribution >= 4 is 6.21 Å². The molecule has 2 aromatic carbocycles. The van der Waals surface area contributed by atoms with Crippen molar-refractivity contribution in [1.29, 1.82) is 0 Å². The third-order valence-electron chi connectivity index (χ3n) is 2.36. The van der Waals surface area contributed by atoms with Crippen LogP contribution in [0.3, 0.4) is 0 Å². The molecule has 0 heterocycles. The number of rotatable bonds is 4. The fourth-order valence-electron chi connectivity index (χ4n) is 1.40. The lowest BCUT2D eigenvalue weighted by atomic mass is 10.2. The molecule has 0 unspecified atom stereocenters. The second-order valence-corrected chi connectivity index (χ2v) is 3.67. The maximum absolute atomic E-state index is 13.2. The lowest BCUT2D eigenvalue weighted by Gasteiger charge is -2.01. The van der Waals surface area contributed by atoms with Gasteiger partial charge in [0.05, 0.1) is 0 Å². The maximum atomic E-state index is 13.2. The minimum atomic E-state index is -0.983. The van der Waals surface area contributed by atoms with Crippen LogP contribution in [0, 0.1) is 17.5 Å². The molecule has 97 valence electrons. The molecule has 0 aliphatic heterocycles. The van der Waals surface area contributed by atoms with Gasteiger partial charge in [0.1, 0.15) is 18.6 Å². The summed E-state index contributed by atoms with van der Waals surface area (Å²) in [6.45, 7) is -0.259. The van der Waals surface area contributed by atoms with Crippen LogP contribution in [-0.4, -0.2) is 6.21 Å². The molecule has 0 N–H and O–H groups in total. The summed E-state index contributed by atoms with van der Waals surface area (Å²) in [5, 5.41) is 3.39. The summed E-state index contributed by atoms with van der Waals surface area (Å²) < 4.78 is 39.3. The molecule has 0 saturated heterocycles. The largest absolute Gasteiger partial charge is 0.390 e. The Hall–Kier alpha value is -2.30. The van der Waals surface area contributed by atoms with Crippen LogP contribution in [0.2, 0.25) is 0 Å². The van der Waals surface area contributed by atoms with Crippen molar-refractivity contribution in [2.24, 2.45) is 5.16 Å². The molecule has 0 fully saturated rings. The summed E-state index contributed by atoms with van der Waals surface area (Å²) in [5.41, 5.74) is 0.154. The smallest absolute Gasteiger partial charge is 0.165 e. The average Bonchev–Trinajstić information content (AvgIpc) is 2.41. The zero-order valence-corrected chi connectivity index (χ0v) is 9.74. The number of benzene rings is 2. The van der Waals surface area contributed by atoms with Gasteiger partial charge in [-0.3, -0.25) is 0 Å². The van der Waals surface area contributed by atoms with Crippen molar-refractivity contribution in [3.05, 3.63) is 71.0 Å². The van der Waals surface area contributed by atoms with Crippen molar-refractivity contribution in [3.63, 3.8) is 0 Å². The predicted molar refractivity (Wildman–Crippen MR) is 64.1 cm³/mol. The van der Waals surface area contributed by atoms with Crippen molar-refractivity contribution in [1.82, 2.24) is 0 Å². The Morgan fingerprint density at radius 2 is 1.68 bits per heavy atom. The summed E-state index contributed by atoms with van der Waals surface area (Å²) >= 11 is 0. The Bertz CT molecular complexity index is 599. The van der Waals surface area contributed by atoms with Crippen LogP contribution in [0.5, 0.6) is 0 Å². The zero-order chi connectivity index (χ0) is 13.7. The Kier molecular flexibility index (Phi) is 4.18. The van der Waals surface area contributed by atoms with Crippen molar-refractivity contribution in [2.75, 3.05) is 0 Å². The molecule has 0 saturated carbocycles. The molecule has 0 aromatic heterocycles. The summed E-state index contributed by atoms with van der Waals surface area (Å²) in [7, 11) is 0. The first-order valence-electron chi connectivity index (χ1n) is 5.44. The fraction of sp³-hybridized carbons (Fsp3) is 0.0714. The molecule has 19 heavy (non-hydrogen) atoms. The molecular formula is C14H9F3NO. The highest BCUT2D eigenvalue weighted by Gasteiger charge is 2.07.